The first kappa shape index (κ1) is 22.4. The number of piperidine rings is 1. The summed E-state index contributed by atoms with van der Waals surface area (Å²) < 4.78 is 39.0. The minimum Gasteiger partial charge on any atom is -0.493 e. The average Bonchev–Trinajstić information content (AvgIpc) is 3.27. The van der Waals surface area contributed by atoms with Crippen molar-refractivity contribution in [3.8, 4) is 11.5 Å². The Hall–Kier alpha value is -2.84. The van der Waals surface area contributed by atoms with Crippen LogP contribution in [0.25, 0.3) is 6.08 Å². The van der Waals surface area contributed by atoms with E-state index >= 15 is 0 Å². The van der Waals surface area contributed by atoms with E-state index in [0.717, 1.165) is 42.6 Å². The average molecular weight is 457 g/mol. The molecule has 1 fully saturated rings. The quantitative estimate of drug-likeness (QED) is 0.640. The maximum Gasteiger partial charge on any atom is 0.248 e. The lowest BCUT2D eigenvalue weighted by Gasteiger charge is -2.26. The highest BCUT2D eigenvalue weighted by molar-refractivity contribution is 7.89. The fraction of sp³-hybridized carbons (Fsp3) is 0.375. The van der Waals surface area contributed by atoms with E-state index in [2.05, 4.69) is 5.32 Å². The number of carbonyl (C=O) groups is 1. The molecule has 0 radical (unpaired) electrons. The molecular formula is C24H28N2O5S. The summed E-state index contributed by atoms with van der Waals surface area (Å²) in [5.41, 5.74) is 2.44. The molecule has 0 bridgehead atoms. The van der Waals surface area contributed by atoms with Crippen LogP contribution in [-0.4, -0.2) is 44.9 Å². The lowest BCUT2D eigenvalue weighted by molar-refractivity contribution is -0.111. The standard InChI is InChI=1S/C24H28N2O5S/c1-2-30-22-10-8-20(17-23(22)32(28,29)26-13-4-3-5-14-26)25-24(27)11-7-18-6-9-21-19(16-18)12-15-31-21/h6-11,16-17H,2-5,12-15H2,1H3,(H,25,27)/b11-7+. The highest BCUT2D eigenvalue weighted by Crippen LogP contribution is 2.31. The van der Waals surface area contributed by atoms with Crippen molar-refractivity contribution in [1.82, 2.24) is 4.31 Å². The summed E-state index contributed by atoms with van der Waals surface area (Å²) in [7, 11) is -3.71. The van der Waals surface area contributed by atoms with Gasteiger partial charge in [0.2, 0.25) is 15.9 Å². The minimum atomic E-state index is -3.71. The molecule has 7 nitrogen and oxygen atoms in total. The number of sulfonamides is 1. The van der Waals surface area contributed by atoms with Crippen molar-refractivity contribution in [2.45, 2.75) is 37.5 Å². The lowest BCUT2D eigenvalue weighted by atomic mass is 10.1. The summed E-state index contributed by atoms with van der Waals surface area (Å²) in [5, 5.41) is 2.76. The van der Waals surface area contributed by atoms with Crippen LogP contribution in [0.5, 0.6) is 11.5 Å². The molecule has 0 unspecified atom stereocenters. The molecule has 1 amide bonds. The van der Waals surface area contributed by atoms with Crippen molar-refractivity contribution in [1.29, 1.82) is 0 Å². The SMILES string of the molecule is CCOc1ccc(NC(=O)/C=C/c2ccc3c(c2)CCO3)cc1S(=O)(=O)N1CCCCC1. The van der Waals surface area contributed by atoms with E-state index in [4.69, 9.17) is 9.47 Å². The number of fused-ring (bicyclic) bond motifs is 1. The van der Waals surface area contributed by atoms with E-state index in [-0.39, 0.29) is 10.8 Å². The molecule has 0 atom stereocenters. The number of hydrogen-bond donors (Lipinski definition) is 1. The van der Waals surface area contributed by atoms with Crippen LogP contribution in [0, 0.1) is 0 Å². The number of nitrogens with zero attached hydrogens (tertiary/aromatic N) is 1. The van der Waals surface area contributed by atoms with Crippen molar-refractivity contribution in [3.63, 3.8) is 0 Å². The van der Waals surface area contributed by atoms with E-state index in [0.29, 0.717) is 37.7 Å². The third-order valence-electron chi connectivity index (χ3n) is 5.58. The van der Waals surface area contributed by atoms with Crippen molar-refractivity contribution >= 4 is 27.7 Å². The highest BCUT2D eigenvalue weighted by atomic mass is 32.2. The topological polar surface area (TPSA) is 84.9 Å². The fourth-order valence-electron chi connectivity index (χ4n) is 3.97. The van der Waals surface area contributed by atoms with Gasteiger partial charge in [-0.1, -0.05) is 12.5 Å². The van der Waals surface area contributed by atoms with Gasteiger partial charge >= 0.3 is 0 Å². The molecule has 1 saturated heterocycles. The van der Waals surface area contributed by atoms with Crippen molar-refractivity contribution in [2.24, 2.45) is 0 Å². The highest BCUT2D eigenvalue weighted by Gasteiger charge is 2.29. The minimum absolute atomic E-state index is 0.0849. The summed E-state index contributed by atoms with van der Waals surface area (Å²) in [4.78, 5) is 12.6. The first-order valence-electron chi connectivity index (χ1n) is 11.0. The zero-order valence-corrected chi connectivity index (χ0v) is 19.0. The maximum atomic E-state index is 13.2. The van der Waals surface area contributed by atoms with E-state index in [9.17, 15) is 13.2 Å². The van der Waals surface area contributed by atoms with Gasteiger partial charge in [-0.25, -0.2) is 8.42 Å². The van der Waals surface area contributed by atoms with Crippen molar-refractivity contribution in [2.75, 3.05) is 31.6 Å². The van der Waals surface area contributed by atoms with Gasteiger partial charge in [0.15, 0.2) is 0 Å². The summed E-state index contributed by atoms with van der Waals surface area (Å²) in [6.45, 7) is 3.84. The van der Waals surface area contributed by atoms with Crippen LogP contribution < -0.4 is 14.8 Å². The zero-order chi connectivity index (χ0) is 22.6. The zero-order valence-electron chi connectivity index (χ0n) is 18.2. The Kier molecular flexibility index (Phi) is 6.81. The summed E-state index contributed by atoms with van der Waals surface area (Å²) in [6.07, 6.45) is 6.76. The molecule has 1 N–H and O–H groups in total. The van der Waals surface area contributed by atoms with Gasteiger partial charge in [-0.05, 0) is 67.3 Å². The molecule has 170 valence electrons. The van der Waals surface area contributed by atoms with Gasteiger partial charge in [0.05, 0.1) is 13.2 Å². The van der Waals surface area contributed by atoms with Gasteiger partial charge in [0, 0.05) is 31.3 Å². The van der Waals surface area contributed by atoms with Crippen molar-refractivity contribution < 1.29 is 22.7 Å². The van der Waals surface area contributed by atoms with E-state index < -0.39 is 10.0 Å². The molecule has 8 heteroatoms. The molecule has 2 aliphatic heterocycles. The van der Waals surface area contributed by atoms with E-state index in [1.54, 1.807) is 18.2 Å². The number of carbonyl (C=O) groups excluding carboxylic acids is 1. The van der Waals surface area contributed by atoms with Crippen LogP contribution >= 0.6 is 0 Å². The first-order valence-corrected chi connectivity index (χ1v) is 12.4. The maximum absolute atomic E-state index is 13.2. The summed E-state index contributed by atoms with van der Waals surface area (Å²) >= 11 is 0. The van der Waals surface area contributed by atoms with Gasteiger partial charge in [-0.2, -0.15) is 4.31 Å². The predicted molar refractivity (Wildman–Crippen MR) is 124 cm³/mol. The molecule has 2 aromatic carbocycles. The number of benzene rings is 2. The Balaban J connectivity index is 1.52. The van der Waals surface area contributed by atoms with Gasteiger partial charge in [0.25, 0.3) is 0 Å². The monoisotopic (exact) mass is 456 g/mol. The number of anilines is 1. The van der Waals surface area contributed by atoms with Gasteiger partial charge in [-0.3, -0.25) is 4.79 Å². The largest absolute Gasteiger partial charge is 0.493 e. The Morgan fingerprint density at radius 1 is 1.16 bits per heavy atom. The molecule has 0 spiro atoms. The number of nitrogens with one attached hydrogen (secondary N) is 1. The molecule has 2 heterocycles. The van der Waals surface area contributed by atoms with Crippen molar-refractivity contribution in [3.05, 3.63) is 53.6 Å². The third kappa shape index (κ3) is 4.97. The Morgan fingerprint density at radius 3 is 2.75 bits per heavy atom. The smallest absolute Gasteiger partial charge is 0.248 e. The molecular weight excluding hydrogens is 428 g/mol. The molecule has 32 heavy (non-hydrogen) atoms. The van der Waals surface area contributed by atoms with Gasteiger partial charge in [-0.15, -0.1) is 0 Å². The van der Waals surface area contributed by atoms with Crippen LogP contribution in [0.3, 0.4) is 0 Å². The van der Waals surface area contributed by atoms with Gasteiger partial charge < -0.3 is 14.8 Å². The molecule has 2 aliphatic rings. The summed E-state index contributed by atoms with van der Waals surface area (Å²) in [6, 6.07) is 10.5. The second-order valence-electron chi connectivity index (χ2n) is 7.85. The van der Waals surface area contributed by atoms with Crippen LogP contribution in [0.2, 0.25) is 0 Å². The van der Waals surface area contributed by atoms with Crippen LogP contribution in [0.15, 0.2) is 47.4 Å². The van der Waals surface area contributed by atoms with E-state index in [1.807, 2.05) is 25.1 Å². The van der Waals surface area contributed by atoms with Gasteiger partial charge in [0.1, 0.15) is 16.4 Å². The molecule has 2 aromatic rings. The number of ether oxygens (including phenoxy) is 2. The number of hydrogen-bond acceptors (Lipinski definition) is 5. The molecule has 0 saturated carbocycles. The number of amides is 1. The van der Waals surface area contributed by atoms with E-state index in [1.165, 1.54) is 16.4 Å². The van der Waals surface area contributed by atoms with Crippen LogP contribution in [-0.2, 0) is 21.2 Å². The fourth-order valence-corrected chi connectivity index (χ4v) is 5.65. The molecule has 0 aromatic heterocycles. The third-order valence-corrected chi connectivity index (χ3v) is 7.50. The van der Waals surface area contributed by atoms with Crippen LogP contribution in [0.1, 0.15) is 37.3 Å². The first-order chi connectivity index (χ1) is 15.5. The molecule has 4 rings (SSSR count). The summed E-state index contributed by atoms with van der Waals surface area (Å²) in [5.74, 6) is 0.850. The van der Waals surface area contributed by atoms with Crippen LogP contribution in [0.4, 0.5) is 5.69 Å². The predicted octanol–water partition coefficient (Wildman–Crippen LogP) is 3.85. The Bertz CT molecular complexity index is 1120. The lowest BCUT2D eigenvalue weighted by Crippen LogP contribution is -2.35. The second-order valence-corrected chi connectivity index (χ2v) is 9.75. The number of rotatable bonds is 7. The molecule has 0 aliphatic carbocycles. The Labute approximate surface area is 189 Å². The Morgan fingerprint density at radius 2 is 1.97 bits per heavy atom. The second kappa shape index (κ2) is 9.75. The normalized spacial score (nSPS) is 16.5.